The number of hydrogen-bond donors (Lipinski definition) is 1. The van der Waals surface area contributed by atoms with Crippen LogP contribution in [-0.2, 0) is 13.3 Å². The Labute approximate surface area is 98.2 Å². The molecule has 0 unspecified atom stereocenters. The van der Waals surface area contributed by atoms with Crippen LogP contribution in [0.3, 0.4) is 0 Å². The van der Waals surface area contributed by atoms with Crippen LogP contribution in [0.5, 0.6) is 0 Å². The molecule has 0 radical (unpaired) electrons. The monoisotopic (exact) mass is 253 g/mol. The molecule has 0 aliphatic rings. The summed E-state index contributed by atoms with van der Waals surface area (Å²) in [5.41, 5.74) is 0. The molecule has 7 heteroatoms. The molecule has 0 aromatic heterocycles. The van der Waals surface area contributed by atoms with Gasteiger partial charge in [-0.25, -0.2) is 0 Å². The van der Waals surface area contributed by atoms with Crippen molar-refractivity contribution < 1.29 is 18.6 Å². The first-order valence-corrected chi connectivity index (χ1v) is 7.50. The Morgan fingerprint density at radius 3 is 1.50 bits per heavy atom. The lowest BCUT2D eigenvalue weighted by molar-refractivity contribution is -0.398. The van der Waals surface area contributed by atoms with Crippen LogP contribution >= 0.6 is 0 Å². The summed E-state index contributed by atoms with van der Waals surface area (Å²) in [6, 6.07) is 0.919. The highest BCUT2D eigenvalue weighted by molar-refractivity contribution is 6.60. The highest BCUT2D eigenvalue weighted by atomic mass is 28.4. The molecule has 16 heavy (non-hydrogen) atoms. The second-order valence-corrected chi connectivity index (χ2v) is 5.55. The van der Waals surface area contributed by atoms with Gasteiger partial charge >= 0.3 is 8.80 Å². The fourth-order valence-electron chi connectivity index (χ4n) is 1.31. The van der Waals surface area contributed by atoms with Crippen molar-refractivity contribution in [2.75, 3.05) is 19.8 Å². The first-order chi connectivity index (χ1) is 7.66. The molecule has 0 aliphatic heterocycles. The van der Waals surface area contributed by atoms with E-state index in [4.69, 9.17) is 23.4 Å². The minimum absolute atomic E-state index is 0.250. The molecular formula is C9H23NO5Si. The topological polar surface area (TPSA) is 81.8 Å². The predicted octanol–water partition coefficient (Wildman–Crippen LogP) is 0.776. The van der Waals surface area contributed by atoms with E-state index in [0.29, 0.717) is 19.8 Å². The molecule has 98 valence electrons. The summed E-state index contributed by atoms with van der Waals surface area (Å²) in [6.45, 7) is 10.1. The Bertz CT molecular complexity index is 129. The van der Waals surface area contributed by atoms with Gasteiger partial charge in [0.25, 0.3) is 0 Å². The minimum atomic E-state index is -2.30. The highest BCUT2D eigenvalue weighted by Crippen LogP contribution is 2.17. The summed E-state index contributed by atoms with van der Waals surface area (Å²) < 4.78 is 16.9. The molecule has 0 bridgehead atoms. The molecule has 0 fully saturated rings. The standard InChI is InChI=1S/C9H22O3Si.HNO2/c1-5-9-13(10-6-2,11-7-3)12-8-4;2-1-3/h5-9H2,1-4H3;1H. The summed E-state index contributed by atoms with van der Waals surface area (Å²) in [5.74, 6) is 0. The van der Waals surface area contributed by atoms with E-state index in [1.54, 1.807) is 0 Å². The van der Waals surface area contributed by atoms with E-state index < -0.39 is 8.80 Å². The zero-order chi connectivity index (χ0) is 12.9. The van der Waals surface area contributed by atoms with Gasteiger partial charge < -0.3 is 13.3 Å². The predicted molar refractivity (Wildman–Crippen MR) is 63.4 cm³/mol. The molecule has 6 nitrogen and oxygen atoms in total. The number of nitrogens with one attached hydrogen (secondary N) is 1. The second-order valence-electron chi connectivity index (χ2n) is 2.82. The smallest absolute Gasteiger partial charge is 0.374 e. The lowest BCUT2D eigenvalue weighted by Crippen LogP contribution is -2.53. The van der Waals surface area contributed by atoms with Gasteiger partial charge in [0.1, 0.15) is 0 Å². The number of hydrogen-bond acceptors (Lipinski definition) is 5. The van der Waals surface area contributed by atoms with E-state index >= 15 is 0 Å². The van der Waals surface area contributed by atoms with Gasteiger partial charge in [-0.05, 0) is 20.8 Å². The zero-order valence-corrected chi connectivity index (χ0v) is 11.6. The summed E-state index contributed by atoms with van der Waals surface area (Å²) in [7, 11) is -2.30. The molecule has 0 aliphatic carbocycles. The van der Waals surface area contributed by atoms with Crippen LogP contribution in [0.15, 0.2) is 0 Å². The normalized spacial score (nSPS) is 10.5. The van der Waals surface area contributed by atoms with Crippen molar-refractivity contribution in [3.8, 4) is 0 Å². The highest BCUT2D eigenvalue weighted by Gasteiger charge is 2.38. The van der Waals surface area contributed by atoms with Crippen LogP contribution < -0.4 is 5.34 Å². The average Bonchev–Trinajstić information content (AvgIpc) is 2.20. The van der Waals surface area contributed by atoms with Crippen molar-refractivity contribution in [2.45, 2.75) is 40.2 Å². The van der Waals surface area contributed by atoms with Crippen molar-refractivity contribution in [2.24, 2.45) is 0 Å². The largest absolute Gasteiger partial charge is 0.500 e. The van der Waals surface area contributed by atoms with Gasteiger partial charge in [-0.3, -0.25) is 10.1 Å². The van der Waals surface area contributed by atoms with Gasteiger partial charge in [-0.15, -0.1) is 0 Å². The van der Waals surface area contributed by atoms with Crippen molar-refractivity contribution >= 4 is 8.80 Å². The molecule has 0 amide bonds. The Kier molecular flexibility index (Phi) is 14.0. The van der Waals surface area contributed by atoms with Crippen LogP contribution in [0.2, 0.25) is 6.04 Å². The molecular weight excluding hydrogens is 230 g/mol. The third kappa shape index (κ3) is 8.78. The van der Waals surface area contributed by atoms with E-state index in [9.17, 15) is 0 Å². The molecule has 0 heterocycles. The van der Waals surface area contributed by atoms with Gasteiger partial charge in [-0.2, -0.15) is 0 Å². The van der Waals surface area contributed by atoms with E-state index in [1.807, 2.05) is 20.8 Å². The molecule has 0 atom stereocenters. The summed E-state index contributed by atoms with van der Waals surface area (Å²) in [6.07, 6.45) is 1.05. The van der Waals surface area contributed by atoms with Crippen molar-refractivity contribution in [1.82, 2.24) is 0 Å². The molecule has 0 aromatic rings. The second kappa shape index (κ2) is 12.6. The fourth-order valence-corrected chi connectivity index (χ4v) is 3.92. The summed E-state index contributed by atoms with van der Waals surface area (Å²) in [5, 5.41) is 8.38. The first-order valence-electron chi connectivity index (χ1n) is 5.57. The molecule has 0 rings (SSSR count). The molecule has 0 saturated heterocycles. The molecule has 0 aromatic carbocycles. The van der Waals surface area contributed by atoms with Gasteiger partial charge in [0, 0.05) is 31.2 Å². The average molecular weight is 253 g/mol. The number of rotatable bonds is 8. The van der Waals surface area contributed by atoms with Crippen molar-refractivity contribution in [3.63, 3.8) is 0 Å². The van der Waals surface area contributed by atoms with Gasteiger partial charge in [-0.1, -0.05) is 13.3 Å². The quantitative estimate of drug-likeness (QED) is 0.392. The Balaban J connectivity index is 0. The lowest BCUT2D eigenvalue weighted by Gasteiger charge is -2.27. The van der Waals surface area contributed by atoms with Crippen molar-refractivity contribution in [3.05, 3.63) is 10.1 Å². The Hall–Kier alpha value is -0.503. The third-order valence-electron chi connectivity index (χ3n) is 1.65. The van der Waals surface area contributed by atoms with Gasteiger partial charge in [0.2, 0.25) is 0 Å². The summed E-state index contributed by atoms with van der Waals surface area (Å²) in [4.78, 5) is 8.12. The van der Waals surface area contributed by atoms with E-state index in [0.717, 1.165) is 12.5 Å². The first kappa shape index (κ1) is 17.9. The van der Waals surface area contributed by atoms with Crippen LogP contribution in [0, 0.1) is 10.1 Å². The van der Waals surface area contributed by atoms with Crippen molar-refractivity contribution in [1.29, 1.82) is 0 Å². The maximum Gasteiger partial charge on any atom is 0.500 e. The van der Waals surface area contributed by atoms with E-state index in [1.165, 1.54) is 0 Å². The fraction of sp³-hybridized carbons (Fsp3) is 1.00. The molecule has 0 saturated carbocycles. The maximum atomic E-state index is 8.12. The molecule has 0 spiro atoms. The van der Waals surface area contributed by atoms with Gasteiger partial charge in [0.15, 0.2) is 0 Å². The van der Waals surface area contributed by atoms with E-state index in [-0.39, 0.29) is 5.34 Å². The van der Waals surface area contributed by atoms with Crippen LogP contribution in [0.1, 0.15) is 34.1 Å². The summed E-state index contributed by atoms with van der Waals surface area (Å²) >= 11 is 0. The third-order valence-corrected chi connectivity index (χ3v) is 4.95. The van der Waals surface area contributed by atoms with Gasteiger partial charge in [0.05, 0.1) is 0 Å². The molecule has 1 N–H and O–H groups in total. The zero-order valence-electron chi connectivity index (χ0n) is 10.6. The van der Waals surface area contributed by atoms with Crippen LogP contribution in [0.25, 0.3) is 0 Å². The van der Waals surface area contributed by atoms with E-state index in [2.05, 4.69) is 6.92 Å². The van der Waals surface area contributed by atoms with Crippen LogP contribution in [-0.4, -0.2) is 28.6 Å². The SMILES string of the molecule is CCC[Si](OCC)(OCC)OCC.O=[NH+][O-]. The maximum absolute atomic E-state index is 8.12. The lowest BCUT2D eigenvalue weighted by atomic mass is 10.6. The van der Waals surface area contributed by atoms with Crippen LogP contribution in [0.4, 0.5) is 0 Å². The Morgan fingerprint density at radius 2 is 1.31 bits per heavy atom. The Morgan fingerprint density at radius 1 is 1.00 bits per heavy atom. The minimum Gasteiger partial charge on any atom is -0.374 e.